The van der Waals surface area contributed by atoms with Crippen LogP contribution in [0.15, 0.2) is 63.2 Å². The summed E-state index contributed by atoms with van der Waals surface area (Å²) in [5.41, 5.74) is 0.668. The predicted molar refractivity (Wildman–Crippen MR) is 122 cm³/mol. The summed E-state index contributed by atoms with van der Waals surface area (Å²) in [5.74, 6) is 0.329. The van der Waals surface area contributed by atoms with Crippen LogP contribution >= 0.6 is 34.4 Å². The van der Waals surface area contributed by atoms with Crippen molar-refractivity contribution < 1.29 is 9.18 Å². The number of carbonyl (C=O) groups is 1. The Morgan fingerprint density at radius 1 is 1.20 bits per heavy atom. The Morgan fingerprint density at radius 3 is 2.80 bits per heavy atom. The molecule has 5 nitrogen and oxygen atoms in total. The third-order valence-corrected chi connectivity index (χ3v) is 7.27. The predicted octanol–water partition coefficient (Wildman–Crippen LogP) is 4.62. The highest BCUT2D eigenvalue weighted by atomic mass is 32.2. The molecular weight excluding hydrogens is 441 g/mol. The zero-order valence-electron chi connectivity index (χ0n) is 15.8. The highest BCUT2D eigenvalue weighted by molar-refractivity contribution is 7.99. The molecule has 0 bridgehead atoms. The molecule has 0 spiro atoms. The summed E-state index contributed by atoms with van der Waals surface area (Å²) in [4.78, 5) is 32.2. The van der Waals surface area contributed by atoms with Gasteiger partial charge in [0.1, 0.15) is 17.2 Å². The van der Waals surface area contributed by atoms with Crippen molar-refractivity contribution in [3.8, 4) is 10.4 Å². The van der Waals surface area contributed by atoms with Crippen molar-refractivity contribution >= 4 is 50.6 Å². The van der Waals surface area contributed by atoms with Gasteiger partial charge in [-0.15, -0.1) is 34.4 Å². The molecule has 0 saturated heterocycles. The lowest BCUT2D eigenvalue weighted by molar-refractivity contribution is -0.121. The molecule has 9 heteroatoms. The number of rotatable bonds is 8. The third kappa shape index (κ3) is 4.80. The number of amides is 1. The highest BCUT2D eigenvalue weighted by Crippen LogP contribution is 2.33. The third-order valence-electron chi connectivity index (χ3n) is 4.39. The van der Waals surface area contributed by atoms with Gasteiger partial charge in [0.25, 0.3) is 5.56 Å². The largest absolute Gasteiger partial charge is 0.355 e. The summed E-state index contributed by atoms with van der Waals surface area (Å²) < 4.78 is 14.3. The van der Waals surface area contributed by atoms with Crippen molar-refractivity contribution in [2.45, 2.75) is 17.9 Å². The number of aromatic nitrogens is 2. The first-order valence-corrected chi connectivity index (χ1v) is 12.0. The Labute approximate surface area is 184 Å². The lowest BCUT2D eigenvalue weighted by Gasteiger charge is -2.08. The maximum atomic E-state index is 12.9. The number of fused-ring (bicyclic) bond motifs is 1. The van der Waals surface area contributed by atoms with Gasteiger partial charge in [-0.3, -0.25) is 14.2 Å². The van der Waals surface area contributed by atoms with Gasteiger partial charge in [-0.2, -0.15) is 0 Å². The van der Waals surface area contributed by atoms with E-state index in [0.717, 1.165) is 27.5 Å². The van der Waals surface area contributed by atoms with Gasteiger partial charge in [0, 0.05) is 27.3 Å². The van der Waals surface area contributed by atoms with Crippen LogP contribution in [0.4, 0.5) is 4.39 Å². The molecule has 0 saturated carbocycles. The Kier molecular flexibility index (Phi) is 6.61. The number of benzene rings is 1. The van der Waals surface area contributed by atoms with E-state index in [-0.39, 0.29) is 23.8 Å². The number of nitrogens with zero attached hydrogens (tertiary/aromatic N) is 2. The Morgan fingerprint density at radius 2 is 2.03 bits per heavy atom. The van der Waals surface area contributed by atoms with Gasteiger partial charge in [-0.1, -0.05) is 6.07 Å². The molecule has 0 fully saturated rings. The van der Waals surface area contributed by atoms with E-state index in [9.17, 15) is 14.0 Å². The quantitative estimate of drug-likeness (QED) is 0.308. The molecule has 4 rings (SSSR count). The van der Waals surface area contributed by atoms with Crippen molar-refractivity contribution in [1.82, 2.24) is 14.9 Å². The summed E-state index contributed by atoms with van der Waals surface area (Å²) in [5, 5.41) is 7.31. The summed E-state index contributed by atoms with van der Waals surface area (Å²) in [7, 11) is 0. The maximum absolute atomic E-state index is 12.9. The van der Waals surface area contributed by atoms with E-state index in [1.165, 1.54) is 34.4 Å². The fraction of sp³-hybridized carbons (Fsp3) is 0.190. The van der Waals surface area contributed by atoms with Crippen molar-refractivity contribution in [3.63, 3.8) is 0 Å². The molecular formula is C21H18FN3O2S3. The van der Waals surface area contributed by atoms with E-state index in [1.54, 1.807) is 35.2 Å². The van der Waals surface area contributed by atoms with Gasteiger partial charge < -0.3 is 5.32 Å². The minimum atomic E-state index is -0.250. The monoisotopic (exact) mass is 459 g/mol. The fourth-order valence-corrected chi connectivity index (χ4v) is 5.50. The molecule has 0 unspecified atom stereocenters. The van der Waals surface area contributed by atoms with E-state index in [2.05, 4.69) is 10.3 Å². The van der Waals surface area contributed by atoms with Crippen molar-refractivity contribution in [2.75, 3.05) is 12.3 Å². The van der Waals surface area contributed by atoms with Gasteiger partial charge in [-0.05, 0) is 47.9 Å². The number of hydrogen-bond donors (Lipinski definition) is 1. The lowest BCUT2D eigenvalue weighted by atomic mass is 10.2. The highest BCUT2D eigenvalue weighted by Gasteiger charge is 2.15. The van der Waals surface area contributed by atoms with Crippen LogP contribution in [0.3, 0.4) is 0 Å². The Hall–Kier alpha value is -2.49. The smallest absolute Gasteiger partial charge is 0.263 e. The molecule has 0 atom stereocenters. The van der Waals surface area contributed by atoms with Gasteiger partial charge >= 0.3 is 0 Å². The van der Waals surface area contributed by atoms with Crippen LogP contribution in [0.1, 0.15) is 6.42 Å². The summed E-state index contributed by atoms with van der Waals surface area (Å²) in [6.45, 7) is 0.447. The van der Waals surface area contributed by atoms with E-state index in [0.29, 0.717) is 16.8 Å². The molecule has 3 aromatic heterocycles. The first-order valence-electron chi connectivity index (χ1n) is 9.27. The van der Waals surface area contributed by atoms with Crippen LogP contribution in [0.5, 0.6) is 0 Å². The van der Waals surface area contributed by atoms with Crippen LogP contribution in [0.25, 0.3) is 20.7 Å². The first-order chi connectivity index (χ1) is 14.6. The SMILES string of the molecule is O=C(Cn1cnc2scc(-c3cccs3)c2c1=O)NCCCSc1ccc(F)cc1. The van der Waals surface area contributed by atoms with Crippen LogP contribution in [-0.4, -0.2) is 27.8 Å². The van der Waals surface area contributed by atoms with E-state index in [4.69, 9.17) is 0 Å². The second-order valence-electron chi connectivity index (χ2n) is 6.49. The van der Waals surface area contributed by atoms with Crippen LogP contribution in [0.2, 0.25) is 0 Å². The second kappa shape index (κ2) is 9.55. The van der Waals surface area contributed by atoms with Gasteiger partial charge in [0.05, 0.1) is 11.7 Å². The van der Waals surface area contributed by atoms with Crippen molar-refractivity contribution in [2.24, 2.45) is 0 Å². The second-order valence-corrected chi connectivity index (χ2v) is 9.46. The summed E-state index contributed by atoms with van der Waals surface area (Å²) in [6, 6.07) is 10.3. The van der Waals surface area contributed by atoms with Crippen molar-refractivity contribution in [1.29, 1.82) is 0 Å². The number of carbonyl (C=O) groups excluding carboxylic acids is 1. The molecule has 4 aromatic rings. The van der Waals surface area contributed by atoms with E-state index >= 15 is 0 Å². The zero-order valence-corrected chi connectivity index (χ0v) is 18.3. The Balaban J connectivity index is 1.33. The number of thiophene rings is 2. The van der Waals surface area contributed by atoms with Gasteiger partial charge in [-0.25, -0.2) is 9.37 Å². The van der Waals surface area contributed by atoms with Crippen molar-refractivity contribution in [3.05, 3.63) is 69.7 Å². The molecule has 1 amide bonds. The number of hydrogen-bond acceptors (Lipinski definition) is 6. The molecule has 1 N–H and O–H groups in total. The first kappa shape index (κ1) is 20.8. The topological polar surface area (TPSA) is 64.0 Å². The molecule has 3 heterocycles. The molecule has 0 aliphatic heterocycles. The average molecular weight is 460 g/mol. The van der Waals surface area contributed by atoms with Crippen LogP contribution in [-0.2, 0) is 11.3 Å². The minimum absolute atomic E-state index is 0.0629. The van der Waals surface area contributed by atoms with E-state index in [1.807, 2.05) is 22.9 Å². The summed E-state index contributed by atoms with van der Waals surface area (Å²) in [6.07, 6.45) is 2.20. The molecule has 0 radical (unpaired) electrons. The Bertz CT molecular complexity index is 1200. The van der Waals surface area contributed by atoms with E-state index < -0.39 is 0 Å². The van der Waals surface area contributed by atoms with Gasteiger partial charge in [0.15, 0.2) is 0 Å². The molecule has 0 aliphatic rings. The average Bonchev–Trinajstić information content (AvgIpc) is 3.41. The van der Waals surface area contributed by atoms with Gasteiger partial charge in [0.2, 0.25) is 5.91 Å². The fourth-order valence-electron chi connectivity index (χ4n) is 2.92. The summed E-state index contributed by atoms with van der Waals surface area (Å²) >= 11 is 4.61. The molecule has 154 valence electrons. The van der Waals surface area contributed by atoms with Crippen LogP contribution in [0, 0.1) is 5.82 Å². The number of nitrogens with one attached hydrogen (secondary N) is 1. The lowest BCUT2D eigenvalue weighted by Crippen LogP contribution is -2.33. The van der Waals surface area contributed by atoms with Crippen LogP contribution < -0.4 is 10.9 Å². The standard InChI is InChI=1S/C21H18FN3O2S3/c22-14-4-6-15(7-5-14)28-10-2-8-23-18(26)11-25-13-24-20-19(21(25)27)16(12-30-20)17-3-1-9-29-17/h1,3-7,9,12-13H,2,8,10-11H2,(H,23,26). The molecule has 1 aromatic carbocycles. The molecule has 30 heavy (non-hydrogen) atoms. The maximum Gasteiger partial charge on any atom is 0.263 e. The normalized spacial score (nSPS) is 11.1. The zero-order chi connectivity index (χ0) is 20.9. The number of halogens is 1. The minimum Gasteiger partial charge on any atom is -0.355 e. The molecule has 0 aliphatic carbocycles. The number of thioether (sulfide) groups is 1.